The molecule has 2 unspecified atom stereocenters. The second-order valence-corrected chi connectivity index (χ2v) is 22.7. The van der Waals surface area contributed by atoms with E-state index in [1.54, 1.807) is 70.6 Å². The Kier molecular flexibility index (Phi) is 40.0. The van der Waals surface area contributed by atoms with Gasteiger partial charge in [-0.25, -0.2) is 0 Å². The fraction of sp³-hybridized carbons (Fsp3) is 1.00. The van der Waals surface area contributed by atoms with Gasteiger partial charge in [0.05, 0.1) is 19.3 Å². The van der Waals surface area contributed by atoms with E-state index in [-0.39, 0.29) is 6.29 Å². The van der Waals surface area contributed by atoms with Gasteiger partial charge < -0.3 is 18.9 Å². The summed E-state index contributed by atoms with van der Waals surface area (Å²) < 4.78 is 21.4. The second kappa shape index (κ2) is 41.0. The molecule has 0 spiro atoms. The lowest BCUT2D eigenvalue weighted by molar-refractivity contribution is -0.167. The van der Waals surface area contributed by atoms with Crippen molar-refractivity contribution in [2.45, 2.75) is 260 Å². The van der Waals surface area contributed by atoms with Crippen molar-refractivity contribution >= 4 is 23.5 Å². The molecule has 4 aliphatic heterocycles. The summed E-state index contributed by atoms with van der Waals surface area (Å²) in [5.74, 6) is 10.3. The van der Waals surface area contributed by atoms with Crippen molar-refractivity contribution in [1.29, 1.82) is 0 Å². The zero-order valence-corrected chi connectivity index (χ0v) is 43.9. The standard InChI is InChI=1S/C8H14.C7H12.C7H14.2C6H12O.C6H12.C5H10O2.C5H10S2.2C2H6/c1-2-8-5-3-7(1)4-6-8;1-2-7-4-3-6(1)5-7;1-7-5-3-2-4-6-7;1-6-3-2-4-7-5-6;1-6-4-2-3-5-7-6;1-6-4-2-3-5-6;2*1-5-6-3-2-4-7-5;2*1-2/h7-8H,1-6H2;6-7H,1-5H2;7H,2-6H2,1H3;2*6H,2-5H2,1H3;6H,2-5H2,1H3;2*5H,2-4H2,1H3;2*1-2H3. The Morgan fingerprint density at radius 2 is 0.767 bits per heavy atom. The first-order valence-corrected chi connectivity index (χ1v) is 29.0. The molecule has 0 amide bonds. The van der Waals surface area contributed by atoms with Gasteiger partial charge in [0.1, 0.15) is 0 Å². The lowest BCUT2D eigenvalue weighted by Crippen LogP contribution is -2.21. The van der Waals surface area contributed by atoms with Crippen LogP contribution in [0.1, 0.15) is 243 Å². The van der Waals surface area contributed by atoms with Gasteiger partial charge in [-0.2, -0.15) is 0 Å². The van der Waals surface area contributed by atoms with Gasteiger partial charge in [0.25, 0.3) is 0 Å². The molecule has 360 valence electrons. The smallest absolute Gasteiger partial charge is 0.154 e. The minimum absolute atomic E-state index is 0.0359. The van der Waals surface area contributed by atoms with Crippen LogP contribution in [0, 0.1) is 41.4 Å². The summed E-state index contributed by atoms with van der Waals surface area (Å²) in [6, 6.07) is 0. The van der Waals surface area contributed by atoms with Gasteiger partial charge in [0.2, 0.25) is 0 Å². The molecule has 11 rings (SSSR count). The van der Waals surface area contributed by atoms with E-state index in [9.17, 15) is 0 Å². The van der Waals surface area contributed by atoms with E-state index < -0.39 is 0 Å². The summed E-state index contributed by atoms with van der Waals surface area (Å²) in [5, 5.41) is 0. The van der Waals surface area contributed by atoms with Crippen LogP contribution in [-0.2, 0) is 18.9 Å². The third kappa shape index (κ3) is 33.1. The highest BCUT2D eigenvalue weighted by Gasteiger charge is 2.30. The molecule has 7 saturated carbocycles. The average molecular weight is 886 g/mol. The summed E-state index contributed by atoms with van der Waals surface area (Å²) in [6.07, 6.45) is 40.1. The Hall–Kier alpha value is 0.540. The number of rotatable bonds is 0. The van der Waals surface area contributed by atoms with Crippen LogP contribution >= 0.6 is 23.5 Å². The van der Waals surface area contributed by atoms with Gasteiger partial charge in [-0.3, -0.25) is 0 Å². The van der Waals surface area contributed by atoms with Crippen LogP contribution in [0.5, 0.6) is 0 Å². The van der Waals surface area contributed by atoms with Gasteiger partial charge in [-0.05, 0) is 125 Å². The molecule has 0 aromatic carbocycles. The van der Waals surface area contributed by atoms with E-state index in [1.807, 2.05) is 34.6 Å². The average Bonchev–Trinajstić information content (AvgIpc) is 4.11. The van der Waals surface area contributed by atoms with Gasteiger partial charge in [0, 0.05) is 24.4 Å². The van der Waals surface area contributed by atoms with Crippen LogP contribution in [0.15, 0.2) is 0 Å². The van der Waals surface area contributed by atoms with Gasteiger partial charge in [-0.1, -0.05) is 170 Å². The molecule has 4 heterocycles. The van der Waals surface area contributed by atoms with E-state index in [1.165, 1.54) is 120 Å². The van der Waals surface area contributed by atoms with E-state index in [2.05, 4.69) is 58.1 Å². The van der Waals surface area contributed by atoms with Crippen molar-refractivity contribution < 1.29 is 18.9 Å². The topological polar surface area (TPSA) is 36.9 Å². The van der Waals surface area contributed by atoms with Gasteiger partial charge >= 0.3 is 0 Å². The minimum Gasteiger partial charge on any atom is -0.381 e. The number of thioether (sulfide) groups is 2. The zero-order valence-electron chi connectivity index (χ0n) is 42.3. The Bertz CT molecular complexity index is 714. The molecule has 6 heteroatoms. The molecular formula is C54H108O4S2. The Morgan fingerprint density at radius 3 is 0.967 bits per heavy atom. The van der Waals surface area contributed by atoms with Crippen LogP contribution in [0.25, 0.3) is 0 Å². The molecule has 0 aromatic rings. The second-order valence-electron chi connectivity index (χ2n) is 19.5. The minimum atomic E-state index is 0.0359. The van der Waals surface area contributed by atoms with E-state index in [0.29, 0.717) is 6.10 Å². The van der Waals surface area contributed by atoms with Crippen molar-refractivity contribution in [2.75, 3.05) is 44.5 Å². The zero-order chi connectivity index (χ0) is 44.1. The lowest BCUT2D eigenvalue weighted by Gasteiger charge is -2.35. The summed E-state index contributed by atoms with van der Waals surface area (Å²) in [4.78, 5) is 0. The molecule has 4 saturated heterocycles. The number of hydrogen-bond donors (Lipinski definition) is 0. The normalized spacial score (nSPS) is 30.9. The first kappa shape index (κ1) is 58.6. The van der Waals surface area contributed by atoms with Crippen LogP contribution in [0.3, 0.4) is 0 Å². The molecule has 2 atom stereocenters. The quantitative estimate of drug-likeness (QED) is 0.241. The van der Waals surface area contributed by atoms with E-state index in [4.69, 9.17) is 18.9 Å². The van der Waals surface area contributed by atoms with Gasteiger partial charge in [0.15, 0.2) is 6.29 Å². The van der Waals surface area contributed by atoms with Crippen LogP contribution in [0.4, 0.5) is 0 Å². The van der Waals surface area contributed by atoms with E-state index in [0.717, 1.165) is 73.6 Å². The largest absolute Gasteiger partial charge is 0.381 e. The molecule has 4 nitrogen and oxygen atoms in total. The van der Waals surface area contributed by atoms with Crippen molar-refractivity contribution in [1.82, 2.24) is 0 Å². The van der Waals surface area contributed by atoms with Crippen molar-refractivity contribution in [3.8, 4) is 0 Å². The summed E-state index contributed by atoms with van der Waals surface area (Å²) >= 11 is 4.16. The molecule has 11 aliphatic rings. The predicted molar refractivity (Wildman–Crippen MR) is 271 cm³/mol. The van der Waals surface area contributed by atoms with E-state index >= 15 is 0 Å². The van der Waals surface area contributed by atoms with Crippen molar-refractivity contribution in [2.24, 2.45) is 41.4 Å². The Labute approximate surface area is 386 Å². The Balaban J connectivity index is 0.000000339. The summed E-state index contributed by atoms with van der Waals surface area (Å²) in [6.45, 7) is 26.0. The molecule has 60 heavy (non-hydrogen) atoms. The Morgan fingerprint density at radius 1 is 0.350 bits per heavy atom. The number of hydrogen-bond acceptors (Lipinski definition) is 6. The summed E-state index contributed by atoms with van der Waals surface area (Å²) in [7, 11) is 0. The molecule has 4 bridgehead atoms. The molecule has 7 aliphatic carbocycles. The number of fused-ring (bicyclic) bond motifs is 5. The van der Waals surface area contributed by atoms with Crippen LogP contribution < -0.4 is 0 Å². The monoisotopic (exact) mass is 885 g/mol. The molecule has 11 fully saturated rings. The highest BCUT2D eigenvalue weighted by atomic mass is 32.2. The first-order chi connectivity index (χ1) is 29.3. The molecular weight excluding hydrogens is 777 g/mol. The van der Waals surface area contributed by atoms with Crippen LogP contribution in [0.2, 0.25) is 0 Å². The first-order valence-electron chi connectivity index (χ1n) is 26.9. The third-order valence-corrected chi connectivity index (χ3v) is 16.7. The maximum atomic E-state index is 5.28. The van der Waals surface area contributed by atoms with Crippen LogP contribution in [-0.4, -0.2) is 61.5 Å². The maximum Gasteiger partial charge on any atom is 0.154 e. The van der Waals surface area contributed by atoms with Crippen molar-refractivity contribution in [3.63, 3.8) is 0 Å². The predicted octanol–water partition coefficient (Wildman–Crippen LogP) is 17.6. The lowest BCUT2D eigenvalue weighted by atomic mass is 9.71. The third-order valence-electron chi connectivity index (χ3n) is 13.9. The maximum absolute atomic E-state index is 5.28. The van der Waals surface area contributed by atoms with Crippen molar-refractivity contribution in [3.05, 3.63) is 0 Å². The fourth-order valence-electron chi connectivity index (χ4n) is 9.91. The molecule has 0 aromatic heterocycles. The summed E-state index contributed by atoms with van der Waals surface area (Å²) in [5.41, 5.74) is 0. The molecule has 0 radical (unpaired) electrons. The highest BCUT2D eigenvalue weighted by molar-refractivity contribution is 8.17. The van der Waals surface area contributed by atoms with Gasteiger partial charge in [-0.15, -0.1) is 23.5 Å². The highest BCUT2D eigenvalue weighted by Crippen LogP contribution is 2.44. The molecule has 0 N–H and O–H groups in total. The fourth-order valence-corrected chi connectivity index (χ4v) is 12.3. The SMILES string of the molecule is C1CC2CCC1C2.C1CC2CCC1CC2.CC.CC.CC1CCCC1.CC1CCCCC1.CC1CCCCO1.CC1CCCOC1.CC1OCCCO1.CC1SCCCS1. The number of ether oxygens (including phenoxy) is 4.